The summed E-state index contributed by atoms with van der Waals surface area (Å²) >= 11 is 1.39. The summed E-state index contributed by atoms with van der Waals surface area (Å²) in [6, 6.07) is 8.25. The van der Waals surface area contributed by atoms with Crippen molar-refractivity contribution in [2.24, 2.45) is 0 Å². The first-order valence-electron chi connectivity index (χ1n) is 10.6. The van der Waals surface area contributed by atoms with Gasteiger partial charge in [-0.15, -0.1) is 10.2 Å². The maximum absolute atomic E-state index is 12.9. The standard InChI is InChI=1S/C21H25N5O3S2/c1-2-25(15-9-10-31(28,29)13-15)19(27)12-30-21-24-23-20(26(21)14-7-8-14)17-11-22-18-6-4-3-5-16(17)18/h3-6,11,14-15,22H,2,7-10,12-13H2,1H3. The number of rotatable bonds is 7. The van der Waals surface area contributed by atoms with E-state index in [1.54, 1.807) is 4.90 Å². The zero-order chi connectivity index (χ0) is 21.6. The minimum absolute atomic E-state index is 0.0476. The Kier molecular flexibility index (Phi) is 5.29. The van der Waals surface area contributed by atoms with E-state index in [4.69, 9.17) is 0 Å². The van der Waals surface area contributed by atoms with E-state index < -0.39 is 9.84 Å². The van der Waals surface area contributed by atoms with Crippen molar-refractivity contribution in [3.63, 3.8) is 0 Å². The molecule has 0 radical (unpaired) electrons. The number of benzene rings is 1. The molecule has 1 N–H and O–H groups in total. The van der Waals surface area contributed by atoms with E-state index >= 15 is 0 Å². The second kappa shape index (κ2) is 7.98. The predicted molar refractivity (Wildman–Crippen MR) is 121 cm³/mol. The van der Waals surface area contributed by atoms with E-state index in [1.807, 2.05) is 31.3 Å². The third kappa shape index (κ3) is 3.98. The highest BCUT2D eigenvalue weighted by atomic mass is 32.2. The molecular formula is C21H25N5O3S2. The van der Waals surface area contributed by atoms with E-state index in [0.29, 0.717) is 19.0 Å². The van der Waals surface area contributed by atoms with Gasteiger partial charge >= 0.3 is 0 Å². The summed E-state index contributed by atoms with van der Waals surface area (Å²) in [5.74, 6) is 1.24. The van der Waals surface area contributed by atoms with Crippen LogP contribution in [0.4, 0.5) is 0 Å². The van der Waals surface area contributed by atoms with Crippen molar-refractivity contribution >= 4 is 38.4 Å². The molecular weight excluding hydrogens is 434 g/mol. The molecule has 1 aliphatic heterocycles. The highest BCUT2D eigenvalue weighted by Gasteiger charge is 2.35. The van der Waals surface area contributed by atoms with Crippen LogP contribution in [0.3, 0.4) is 0 Å². The van der Waals surface area contributed by atoms with Gasteiger partial charge in [-0.1, -0.05) is 30.0 Å². The molecule has 1 unspecified atom stereocenters. The Labute approximate surface area is 185 Å². The van der Waals surface area contributed by atoms with Gasteiger partial charge in [-0.2, -0.15) is 0 Å². The molecule has 0 spiro atoms. The first-order valence-corrected chi connectivity index (χ1v) is 13.4. The first-order chi connectivity index (χ1) is 15.0. The van der Waals surface area contributed by atoms with E-state index in [-0.39, 0.29) is 29.2 Å². The van der Waals surface area contributed by atoms with Gasteiger partial charge in [-0.25, -0.2) is 8.42 Å². The minimum Gasteiger partial charge on any atom is -0.360 e. The summed E-state index contributed by atoms with van der Waals surface area (Å²) in [4.78, 5) is 17.9. The Morgan fingerprint density at radius 3 is 2.77 bits per heavy atom. The maximum atomic E-state index is 12.9. The van der Waals surface area contributed by atoms with Crippen LogP contribution in [0.25, 0.3) is 22.3 Å². The van der Waals surface area contributed by atoms with Gasteiger partial charge in [0.05, 0.1) is 17.3 Å². The van der Waals surface area contributed by atoms with Crippen molar-refractivity contribution in [1.82, 2.24) is 24.6 Å². The Hall–Kier alpha value is -2.33. The zero-order valence-electron chi connectivity index (χ0n) is 17.3. The molecule has 1 saturated heterocycles. The molecule has 2 aromatic heterocycles. The van der Waals surface area contributed by atoms with Crippen LogP contribution in [-0.4, -0.2) is 68.8 Å². The predicted octanol–water partition coefficient (Wildman–Crippen LogP) is 2.89. The average molecular weight is 460 g/mol. The first kappa shape index (κ1) is 20.6. The Morgan fingerprint density at radius 2 is 2.06 bits per heavy atom. The van der Waals surface area contributed by atoms with E-state index in [1.165, 1.54) is 11.8 Å². The van der Waals surface area contributed by atoms with Crippen LogP contribution < -0.4 is 0 Å². The lowest BCUT2D eigenvalue weighted by Crippen LogP contribution is -2.42. The quantitative estimate of drug-likeness (QED) is 0.545. The molecule has 0 bridgehead atoms. The summed E-state index contributed by atoms with van der Waals surface area (Å²) in [6.07, 6.45) is 4.65. The average Bonchev–Trinajstić information content (AvgIpc) is 3.20. The largest absolute Gasteiger partial charge is 0.360 e. The van der Waals surface area contributed by atoms with E-state index in [2.05, 4.69) is 25.8 Å². The molecule has 5 rings (SSSR count). The third-order valence-corrected chi connectivity index (χ3v) is 8.72. The number of H-pyrrole nitrogens is 1. The lowest BCUT2D eigenvalue weighted by Gasteiger charge is -2.26. The van der Waals surface area contributed by atoms with Crippen molar-refractivity contribution in [3.05, 3.63) is 30.5 Å². The van der Waals surface area contributed by atoms with Gasteiger partial charge in [0.1, 0.15) is 0 Å². The highest BCUT2D eigenvalue weighted by Crippen LogP contribution is 2.42. The number of carbonyl (C=O) groups is 1. The Morgan fingerprint density at radius 1 is 1.26 bits per heavy atom. The number of carbonyl (C=O) groups excluding carboxylic acids is 1. The number of para-hydroxylation sites is 1. The summed E-state index contributed by atoms with van der Waals surface area (Å²) in [5.41, 5.74) is 2.07. The van der Waals surface area contributed by atoms with E-state index in [0.717, 1.165) is 40.3 Å². The van der Waals surface area contributed by atoms with Crippen LogP contribution in [0.5, 0.6) is 0 Å². The van der Waals surface area contributed by atoms with Crippen molar-refractivity contribution < 1.29 is 13.2 Å². The van der Waals surface area contributed by atoms with Gasteiger partial charge in [0, 0.05) is 41.3 Å². The Bertz CT molecular complexity index is 1230. The van der Waals surface area contributed by atoms with Crippen LogP contribution in [0.2, 0.25) is 0 Å². The molecule has 2 fully saturated rings. The molecule has 1 aliphatic carbocycles. The highest BCUT2D eigenvalue weighted by molar-refractivity contribution is 7.99. The van der Waals surface area contributed by atoms with Crippen LogP contribution in [0, 0.1) is 0 Å². The fourth-order valence-corrected chi connectivity index (χ4v) is 6.97. The third-order valence-electron chi connectivity index (χ3n) is 6.04. The molecule has 164 valence electrons. The molecule has 1 aromatic carbocycles. The number of amides is 1. The number of aromatic nitrogens is 4. The van der Waals surface area contributed by atoms with Crippen molar-refractivity contribution in [3.8, 4) is 11.4 Å². The summed E-state index contributed by atoms with van der Waals surface area (Å²) < 4.78 is 25.8. The van der Waals surface area contributed by atoms with Gasteiger partial charge in [0.2, 0.25) is 5.91 Å². The second-order valence-corrected chi connectivity index (χ2v) is 11.4. The number of aromatic amines is 1. The monoisotopic (exact) mass is 459 g/mol. The smallest absolute Gasteiger partial charge is 0.233 e. The number of nitrogens with one attached hydrogen (secondary N) is 1. The molecule has 1 saturated carbocycles. The molecule has 3 aromatic rings. The van der Waals surface area contributed by atoms with Crippen molar-refractivity contribution in [1.29, 1.82) is 0 Å². The summed E-state index contributed by atoms with van der Waals surface area (Å²) in [5, 5.41) is 10.7. The maximum Gasteiger partial charge on any atom is 0.233 e. The van der Waals surface area contributed by atoms with Crippen molar-refractivity contribution in [2.45, 2.75) is 43.4 Å². The topological polar surface area (TPSA) is 101 Å². The van der Waals surface area contributed by atoms with Crippen LogP contribution in [0.1, 0.15) is 32.2 Å². The molecule has 31 heavy (non-hydrogen) atoms. The lowest BCUT2D eigenvalue weighted by atomic mass is 10.1. The minimum atomic E-state index is -3.03. The number of nitrogens with zero attached hydrogens (tertiary/aromatic N) is 4. The lowest BCUT2D eigenvalue weighted by molar-refractivity contribution is -0.129. The zero-order valence-corrected chi connectivity index (χ0v) is 19.0. The van der Waals surface area contributed by atoms with Crippen LogP contribution in [0.15, 0.2) is 35.6 Å². The van der Waals surface area contributed by atoms with E-state index in [9.17, 15) is 13.2 Å². The fraction of sp³-hybridized carbons (Fsp3) is 0.476. The van der Waals surface area contributed by atoms with Gasteiger partial charge in [-0.05, 0) is 32.3 Å². The molecule has 2 aliphatic rings. The number of fused-ring (bicyclic) bond motifs is 1. The molecule has 10 heteroatoms. The molecule has 1 atom stereocenters. The second-order valence-electron chi connectivity index (χ2n) is 8.18. The van der Waals surface area contributed by atoms with Gasteiger partial charge < -0.3 is 9.88 Å². The van der Waals surface area contributed by atoms with Gasteiger partial charge in [0.15, 0.2) is 20.8 Å². The molecule has 3 heterocycles. The van der Waals surface area contributed by atoms with Crippen molar-refractivity contribution in [2.75, 3.05) is 23.8 Å². The fourth-order valence-electron chi connectivity index (χ4n) is 4.35. The number of hydrogen-bond donors (Lipinski definition) is 1. The normalized spacial score (nSPS) is 20.4. The molecule has 1 amide bonds. The Balaban J connectivity index is 1.36. The number of hydrogen-bond acceptors (Lipinski definition) is 6. The SMILES string of the molecule is CCN(C(=O)CSc1nnc(-c2c[nH]c3ccccc23)n1C1CC1)C1CCS(=O)(=O)C1. The number of sulfone groups is 1. The van der Waals surface area contributed by atoms with Crippen LogP contribution >= 0.6 is 11.8 Å². The summed E-state index contributed by atoms with van der Waals surface area (Å²) in [6.45, 7) is 2.41. The van der Waals surface area contributed by atoms with Crippen LogP contribution in [-0.2, 0) is 14.6 Å². The van der Waals surface area contributed by atoms with Gasteiger partial charge in [-0.3, -0.25) is 9.36 Å². The number of thioether (sulfide) groups is 1. The summed E-state index contributed by atoms with van der Waals surface area (Å²) in [7, 11) is -3.03. The molecule has 8 nitrogen and oxygen atoms in total. The van der Waals surface area contributed by atoms with Gasteiger partial charge in [0.25, 0.3) is 0 Å².